The first-order valence-corrected chi connectivity index (χ1v) is 10.3. The van der Waals surface area contributed by atoms with Gasteiger partial charge in [-0.3, -0.25) is 18.8 Å². The molecule has 4 rings (SSSR count). The molecular weight excluding hydrogens is 438 g/mol. The van der Waals surface area contributed by atoms with Gasteiger partial charge in [-0.05, 0) is 17.2 Å². The van der Waals surface area contributed by atoms with Crippen molar-refractivity contribution in [2.75, 3.05) is 5.32 Å². The third kappa shape index (κ3) is 4.04. The molecule has 2 atom stereocenters. The predicted molar refractivity (Wildman–Crippen MR) is 120 cm³/mol. The van der Waals surface area contributed by atoms with E-state index in [9.17, 15) is 20.0 Å². The van der Waals surface area contributed by atoms with E-state index in [4.69, 9.17) is 4.52 Å². The summed E-state index contributed by atoms with van der Waals surface area (Å²) >= 11 is 0. The molecule has 0 saturated heterocycles. The first kappa shape index (κ1) is 22.5. The second-order valence-electron chi connectivity index (χ2n) is 7.81. The van der Waals surface area contributed by atoms with Crippen LogP contribution in [-0.4, -0.2) is 35.5 Å². The van der Waals surface area contributed by atoms with E-state index in [-0.39, 0.29) is 11.5 Å². The first-order valence-electron chi connectivity index (χ1n) is 10.3. The summed E-state index contributed by atoms with van der Waals surface area (Å²) in [6.07, 6.45) is 5.99. The molecule has 0 aliphatic heterocycles. The average Bonchev–Trinajstić information content (AvgIpc) is 3.50. The molecule has 0 fully saturated rings. The lowest BCUT2D eigenvalue weighted by atomic mass is 9.80. The van der Waals surface area contributed by atoms with Gasteiger partial charge in [0, 0.05) is 32.1 Å². The van der Waals surface area contributed by atoms with Gasteiger partial charge in [0.1, 0.15) is 17.8 Å². The molecule has 0 unspecified atom stereocenters. The SMILES string of the molecule is C[C@H](c1nc(C(=O)Nc2cnoc2)c(O)c(=O)n1C)[C@@H](c1cnn(C)c1)c1ccccc1C#N. The fourth-order valence-corrected chi connectivity index (χ4v) is 3.99. The number of nitrogens with one attached hydrogen (secondary N) is 1. The number of carbonyl (C=O) groups is 1. The average molecular weight is 459 g/mol. The highest BCUT2D eigenvalue weighted by Gasteiger charge is 2.31. The van der Waals surface area contributed by atoms with E-state index in [1.54, 1.807) is 30.1 Å². The summed E-state index contributed by atoms with van der Waals surface area (Å²) in [7, 11) is 3.25. The molecule has 1 amide bonds. The normalized spacial score (nSPS) is 12.6. The van der Waals surface area contributed by atoms with Gasteiger partial charge in [0.15, 0.2) is 5.69 Å². The number of rotatable bonds is 6. The molecule has 172 valence electrons. The molecule has 34 heavy (non-hydrogen) atoms. The standard InChI is InChI=1S/C23H21N7O4/c1-13(18(15-9-25-29(2)11-15)17-7-5-4-6-14(17)8-24)21-28-19(20(31)23(33)30(21)3)22(32)27-16-10-26-34-12-16/h4-7,9-13,18,31H,1-3H3,(H,27,32)/t13-,18-/m0/s1. The molecule has 4 aromatic rings. The minimum Gasteiger partial charge on any atom is -0.501 e. The van der Waals surface area contributed by atoms with E-state index in [2.05, 4.69) is 26.6 Å². The molecule has 0 saturated carbocycles. The van der Waals surface area contributed by atoms with Crippen LogP contribution in [0.5, 0.6) is 5.75 Å². The maximum atomic E-state index is 12.8. The first-order chi connectivity index (χ1) is 16.3. The van der Waals surface area contributed by atoms with Gasteiger partial charge in [-0.25, -0.2) is 4.98 Å². The zero-order valence-electron chi connectivity index (χ0n) is 18.6. The van der Waals surface area contributed by atoms with Crippen molar-refractivity contribution in [3.05, 3.63) is 87.7 Å². The number of hydrogen-bond acceptors (Lipinski definition) is 8. The molecule has 11 nitrogen and oxygen atoms in total. The summed E-state index contributed by atoms with van der Waals surface area (Å²) < 4.78 is 7.54. The van der Waals surface area contributed by atoms with Gasteiger partial charge < -0.3 is 14.9 Å². The fraction of sp³-hybridized carbons (Fsp3) is 0.217. The van der Waals surface area contributed by atoms with E-state index >= 15 is 0 Å². The number of hydrogen-bond donors (Lipinski definition) is 2. The van der Waals surface area contributed by atoms with E-state index in [0.717, 1.165) is 11.1 Å². The number of amides is 1. The molecule has 0 spiro atoms. The summed E-state index contributed by atoms with van der Waals surface area (Å²) in [6, 6.07) is 9.37. The Balaban J connectivity index is 1.85. The highest BCUT2D eigenvalue weighted by Crippen LogP contribution is 2.38. The predicted octanol–water partition coefficient (Wildman–Crippen LogP) is 2.27. The van der Waals surface area contributed by atoms with Crippen molar-refractivity contribution in [3.63, 3.8) is 0 Å². The molecular formula is C23H21N7O4. The number of aromatic hydroxyl groups is 1. The third-order valence-corrected chi connectivity index (χ3v) is 5.61. The van der Waals surface area contributed by atoms with Crippen LogP contribution in [0.4, 0.5) is 5.69 Å². The van der Waals surface area contributed by atoms with Crippen LogP contribution in [0.25, 0.3) is 0 Å². The second kappa shape index (κ2) is 9.03. The molecule has 11 heteroatoms. The molecule has 0 aliphatic carbocycles. The van der Waals surface area contributed by atoms with E-state index in [1.165, 1.54) is 24.1 Å². The van der Waals surface area contributed by atoms with Crippen LogP contribution in [0.2, 0.25) is 0 Å². The van der Waals surface area contributed by atoms with Crippen LogP contribution in [0.15, 0.2) is 58.4 Å². The Morgan fingerprint density at radius 3 is 2.68 bits per heavy atom. The molecule has 1 aromatic carbocycles. The number of carbonyl (C=O) groups excluding carboxylic acids is 1. The Hall–Kier alpha value is -4.72. The molecule has 0 bridgehead atoms. The molecule has 3 aromatic heterocycles. The largest absolute Gasteiger partial charge is 0.501 e. The number of anilines is 1. The van der Waals surface area contributed by atoms with Crippen molar-refractivity contribution in [2.24, 2.45) is 14.1 Å². The van der Waals surface area contributed by atoms with Gasteiger partial charge in [0.25, 0.3) is 11.5 Å². The molecule has 0 radical (unpaired) electrons. The highest BCUT2D eigenvalue weighted by molar-refractivity contribution is 6.04. The molecule has 2 N–H and O–H groups in total. The summed E-state index contributed by atoms with van der Waals surface area (Å²) in [5.41, 5.74) is 1.05. The number of nitrogens with zero attached hydrogens (tertiary/aromatic N) is 6. The minimum absolute atomic E-state index is 0.248. The lowest BCUT2D eigenvalue weighted by Crippen LogP contribution is -2.29. The van der Waals surface area contributed by atoms with Gasteiger partial charge in [-0.2, -0.15) is 10.4 Å². The minimum atomic E-state index is -0.790. The highest BCUT2D eigenvalue weighted by atomic mass is 16.5. The number of benzene rings is 1. The monoisotopic (exact) mass is 459 g/mol. The van der Waals surface area contributed by atoms with Crippen LogP contribution in [0.1, 0.15) is 51.8 Å². The Kier molecular flexibility index (Phi) is 5.97. The lowest BCUT2D eigenvalue weighted by Gasteiger charge is -2.26. The summed E-state index contributed by atoms with van der Waals surface area (Å²) in [5.74, 6) is -2.22. The summed E-state index contributed by atoms with van der Waals surface area (Å²) in [5, 5.41) is 30.3. The second-order valence-corrected chi connectivity index (χ2v) is 7.81. The van der Waals surface area contributed by atoms with Crippen LogP contribution in [-0.2, 0) is 14.1 Å². The van der Waals surface area contributed by atoms with Crippen molar-refractivity contribution in [3.8, 4) is 11.8 Å². The van der Waals surface area contributed by atoms with E-state index in [0.29, 0.717) is 5.56 Å². The quantitative estimate of drug-likeness (QED) is 0.445. The van der Waals surface area contributed by atoms with E-state index < -0.39 is 34.7 Å². The Morgan fingerprint density at radius 2 is 2.03 bits per heavy atom. The van der Waals surface area contributed by atoms with Crippen molar-refractivity contribution < 1.29 is 14.4 Å². The fourth-order valence-electron chi connectivity index (χ4n) is 3.99. The Bertz CT molecular complexity index is 1450. The third-order valence-electron chi connectivity index (χ3n) is 5.61. The zero-order chi connectivity index (χ0) is 24.4. The van der Waals surface area contributed by atoms with Gasteiger partial charge in [-0.15, -0.1) is 0 Å². The van der Waals surface area contributed by atoms with Crippen LogP contribution in [0.3, 0.4) is 0 Å². The van der Waals surface area contributed by atoms with Crippen molar-refractivity contribution in [2.45, 2.75) is 18.8 Å². The Morgan fingerprint density at radius 1 is 1.26 bits per heavy atom. The van der Waals surface area contributed by atoms with Crippen molar-refractivity contribution in [1.82, 2.24) is 24.5 Å². The van der Waals surface area contributed by atoms with Crippen molar-refractivity contribution in [1.29, 1.82) is 5.26 Å². The lowest BCUT2D eigenvalue weighted by molar-refractivity contribution is 0.101. The summed E-state index contributed by atoms with van der Waals surface area (Å²) in [4.78, 5) is 30.0. The molecule has 3 heterocycles. The van der Waals surface area contributed by atoms with E-state index in [1.807, 2.05) is 25.3 Å². The van der Waals surface area contributed by atoms with Gasteiger partial charge in [0.2, 0.25) is 5.75 Å². The van der Waals surface area contributed by atoms with Gasteiger partial charge in [0.05, 0.1) is 24.0 Å². The van der Waals surface area contributed by atoms with Crippen LogP contribution >= 0.6 is 0 Å². The number of aryl methyl sites for hydroxylation is 1. The smallest absolute Gasteiger partial charge is 0.296 e. The number of aromatic nitrogens is 5. The van der Waals surface area contributed by atoms with Crippen LogP contribution in [0, 0.1) is 11.3 Å². The maximum absolute atomic E-state index is 12.8. The van der Waals surface area contributed by atoms with Crippen molar-refractivity contribution >= 4 is 11.6 Å². The number of nitriles is 1. The van der Waals surface area contributed by atoms with Gasteiger partial charge >= 0.3 is 0 Å². The van der Waals surface area contributed by atoms with Gasteiger partial charge in [-0.1, -0.05) is 30.3 Å². The van der Waals surface area contributed by atoms with Crippen LogP contribution < -0.4 is 10.9 Å². The maximum Gasteiger partial charge on any atom is 0.296 e. The molecule has 0 aliphatic rings. The topological polar surface area (TPSA) is 152 Å². The summed E-state index contributed by atoms with van der Waals surface area (Å²) in [6.45, 7) is 1.84. The Labute approximate surface area is 193 Å². The zero-order valence-corrected chi connectivity index (χ0v) is 18.6.